The second-order valence-corrected chi connectivity index (χ2v) is 5.24. The lowest BCUT2D eigenvalue weighted by Crippen LogP contribution is -2.31. The maximum absolute atomic E-state index is 11.2. The standard InChI is InChI=1S/C15H24N2O3/c1-5-6-12-7-11(15(18)19)8-14(16-12)17-13(9-20-4)10(2)3/h7-8,10,13H,5-6,9H2,1-4H3,(H,16,17)(H,18,19). The van der Waals surface area contributed by atoms with Crippen LogP contribution >= 0.6 is 0 Å². The molecule has 0 radical (unpaired) electrons. The summed E-state index contributed by atoms with van der Waals surface area (Å²) >= 11 is 0. The van der Waals surface area contributed by atoms with Gasteiger partial charge in [-0.2, -0.15) is 0 Å². The maximum atomic E-state index is 11.2. The molecule has 0 aliphatic heterocycles. The SMILES string of the molecule is CCCc1cc(C(=O)O)cc(NC(COC)C(C)C)n1. The number of pyridine rings is 1. The van der Waals surface area contributed by atoms with Crippen LogP contribution in [0, 0.1) is 5.92 Å². The average Bonchev–Trinajstić information content (AvgIpc) is 2.38. The number of nitrogens with zero attached hydrogens (tertiary/aromatic N) is 1. The molecule has 20 heavy (non-hydrogen) atoms. The molecule has 0 spiro atoms. The van der Waals surface area contributed by atoms with Gasteiger partial charge in [0.05, 0.1) is 18.2 Å². The van der Waals surface area contributed by atoms with E-state index >= 15 is 0 Å². The van der Waals surface area contributed by atoms with Crippen molar-refractivity contribution in [2.75, 3.05) is 19.0 Å². The molecule has 5 heteroatoms. The number of anilines is 1. The van der Waals surface area contributed by atoms with Gasteiger partial charge in [0.15, 0.2) is 0 Å². The van der Waals surface area contributed by atoms with Crippen LogP contribution in [-0.2, 0) is 11.2 Å². The van der Waals surface area contributed by atoms with Crippen molar-refractivity contribution in [3.05, 3.63) is 23.4 Å². The minimum absolute atomic E-state index is 0.103. The highest BCUT2D eigenvalue weighted by molar-refractivity contribution is 5.88. The minimum Gasteiger partial charge on any atom is -0.478 e. The van der Waals surface area contributed by atoms with Crippen molar-refractivity contribution in [2.24, 2.45) is 5.92 Å². The predicted octanol–water partition coefficient (Wildman–Crippen LogP) is 2.82. The third-order valence-electron chi connectivity index (χ3n) is 3.12. The first kappa shape index (κ1) is 16.4. The Morgan fingerprint density at radius 2 is 2.15 bits per heavy atom. The number of aromatic carboxylic acids is 1. The lowest BCUT2D eigenvalue weighted by molar-refractivity contribution is 0.0696. The normalized spacial score (nSPS) is 12.4. The molecule has 1 unspecified atom stereocenters. The number of nitrogens with one attached hydrogen (secondary N) is 1. The van der Waals surface area contributed by atoms with Crippen LogP contribution in [-0.4, -0.2) is 35.8 Å². The third kappa shape index (κ3) is 4.81. The summed E-state index contributed by atoms with van der Waals surface area (Å²) in [6.07, 6.45) is 1.70. The van der Waals surface area contributed by atoms with Crippen LogP contribution in [0.5, 0.6) is 0 Å². The fraction of sp³-hybridized carbons (Fsp3) is 0.600. The van der Waals surface area contributed by atoms with E-state index in [2.05, 4.69) is 24.1 Å². The largest absolute Gasteiger partial charge is 0.478 e. The van der Waals surface area contributed by atoms with Gasteiger partial charge in [-0.05, 0) is 24.5 Å². The van der Waals surface area contributed by atoms with E-state index in [4.69, 9.17) is 9.84 Å². The molecule has 0 saturated carbocycles. The van der Waals surface area contributed by atoms with Crippen LogP contribution in [0.15, 0.2) is 12.1 Å². The van der Waals surface area contributed by atoms with E-state index in [-0.39, 0.29) is 11.6 Å². The number of carboxylic acids is 1. The highest BCUT2D eigenvalue weighted by Crippen LogP contribution is 2.16. The van der Waals surface area contributed by atoms with Crippen molar-refractivity contribution in [3.63, 3.8) is 0 Å². The number of aromatic nitrogens is 1. The summed E-state index contributed by atoms with van der Waals surface area (Å²) in [5.74, 6) is 0.0320. The molecule has 5 nitrogen and oxygen atoms in total. The van der Waals surface area contributed by atoms with Gasteiger partial charge >= 0.3 is 5.97 Å². The van der Waals surface area contributed by atoms with Crippen LogP contribution in [0.1, 0.15) is 43.2 Å². The lowest BCUT2D eigenvalue weighted by atomic mass is 10.1. The van der Waals surface area contributed by atoms with Crippen molar-refractivity contribution in [1.82, 2.24) is 4.98 Å². The molecule has 1 heterocycles. The number of ether oxygens (including phenoxy) is 1. The number of rotatable bonds is 8. The first-order chi connectivity index (χ1) is 9.47. The molecular formula is C15H24N2O3. The fourth-order valence-corrected chi connectivity index (χ4v) is 1.94. The van der Waals surface area contributed by atoms with Gasteiger partial charge in [-0.15, -0.1) is 0 Å². The molecule has 1 atom stereocenters. The first-order valence-corrected chi connectivity index (χ1v) is 6.97. The Labute approximate surface area is 120 Å². The molecule has 1 rings (SSSR count). The molecular weight excluding hydrogens is 256 g/mol. The topological polar surface area (TPSA) is 71.5 Å². The number of hydrogen-bond donors (Lipinski definition) is 2. The van der Waals surface area contributed by atoms with Gasteiger partial charge in [0, 0.05) is 12.8 Å². The molecule has 0 aliphatic rings. The predicted molar refractivity (Wildman–Crippen MR) is 79.3 cm³/mol. The summed E-state index contributed by atoms with van der Waals surface area (Å²) in [6.45, 7) is 6.78. The summed E-state index contributed by atoms with van der Waals surface area (Å²) in [5.41, 5.74) is 1.07. The smallest absolute Gasteiger partial charge is 0.335 e. The molecule has 112 valence electrons. The molecule has 1 aromatic heterocycles. The molecule has 2 N–H and O–H groups in total. The van der Waals surface area contributed by atoms with E-state index in [1.807, 2.05) is 6.92 Å². The number of methoxy groups -OCH3 is 1. The summed E-state index contributed by atoms with van der Waals surface area (Å²) in [7, 11) is 1.65. The molecule has 0 aromatic carbocycles. The van der Waals surface area contributed by atoms with Crippen molar-refractivity contribution < 1.29 is 14.6 Å². The number of aryl methyl sites for hydroxylation is 1. The molecule has 0 amide bonds. The monoisotopic (exact) mass is 280 g/mol. The molecule has 0 saturated heterocycles. The lowest BCUT2D eigenvalue weighted by Gasteiger charge is -2.22. The van der Waals surface area contributed by atoms with Crippen LogP contribution in [0.25, 0.3) is 0 Å². The van der Waals surface area contributed by atoms with Crippen LogP contribution < -0.4 is 5.32 Å². The van der Waals surface area contributed by atoms with Gasteiger partial charge in [-0.25, -0.2) is 9.78 Å². The molecule has 0 bridgehead atoms. The van der Waals surface area contributed by atoms with Crippen LogP contribution in [0.4, 0.5) is 5.82 Å². The Kier molecular flexibility index (Phi) is 6.45. The maximum Gasteiger partial charge on any atom is 0.335 e. The Morgan fingerprint density at radius 3 is 2.65 bits per heavy atom. The Balaban J connectivity index is 2.99. The number of carboxylic acid groups (broad SMARTS) is 1. The highest BCUT2D eigenvalue weighted by atomic mass is 16.5. The fourth-order valence-electron chi connectivity index (χ4n) is 1.94. The summed E-state index contributed by atoms with van der Waals surface area (Å²) < 4.78 is 5.19. The van der Waals surface area contributed by atoms with E-state index in [0.717, 1.165) is 18.5 Å². The molecule has 1 aromatic rings. The van der Waals surface area contributed by atoms with Crippen molar-refractivity contribution in [2.45, 2.75) is 39.7 Å². The van der Waals surface area contributed by atoms with Gasteiger partial charge in [-0.3, -0.25) is 0 Å². The summed E-state index contributed by atoms with van der Waals surface area (Å²) in [5, 5.41) is 12.4. The van der Waals surface area contributed by atoms with Crippen LogP contribution in [0.3, 0.4) is 0 Å². The van der Waals surface area contributed by atoms with E-state index in [1.165, 1.54) is 0 Å². The number of carbonyl (C=O) groups is 1. The minimum atomic E-state index is -0.930. The van der Waals surface area contributed by atoms with E-state index in [9.17, 15) is 4.79 Å². The Morgan fingerprint density at radius 1 is 1.45 bits per heavy atom. The van der Waals surface area contributed by atoms with E-state index in [1.54, 1.807) is 19.2 Å². The van der Waals surface area contributed by atoms with Gasteiger partial charge in [0.2, 0.25) is 0 Å². The average molecular weight is 280 g/mol. The molecule has 0 aliphatic carbocycles. The third-order valence-corrected chi connectivity index (χ3v) is 3.12. The Bertz CT molecular complexity index is 447. The molecule has 0 fully saturated rings. The van der Waals surface area contributed by atoms with Gasteiger partial charge in [-0.1, -0.05) is 27.2 Å². The van der Waals surface area contributed by atoms with Gasteiger partial charge in [0.25, 0.3) is 0 Å². The van der Waals surface area contributed by atoms with E-state index in [0.29, 0.717) is 18.3 Å². The summed E-state index contributed by atoms with van der Waals surface area (Å²) in [6, 6.07) is 3.32. The zero-order chi connectivity index (χ0) is 15.1. The van der Waals surface area contributed by atoms with Gasteiger partial charge in [0.1, 0.15) is 5.82 Å². The Hall–Kier alpha value is -1.62. The highest BCUT2D eigenvalue weighted by Gasteiger charge is 2.15. The number of hydrogen-bond acceptors (Lipinski definition) is 4. The quantitative estimate of drug-likeness (QED) is 0.766. The first-order valence-electron chi connectivity index (χ1n) is 6.97. The van der Waals surface area contributed by atoms with Crippen LogP contribution in [0.2, 0.25) is 0 Å². The second kappa shape index (κ2) is 7.85. The van der Waals surface area contributed by atoms with E-state index < -0.39 is 5.97 Å². The summed E-state index contributed by atoms with van der Waals surface area (Å²) in [4.78, 5) is 15.7. The second-order valence-electron chi connectivity index (χ2n) is 5.24. The zero-order valence-corrected chi connectivity index (χ0v) is 12.6. The van der Waals surface area contributed by atoms with Crippen molar-refractivity contribution in [1.29, 1.82) is 0 Å². The van der Waals surface area contributed by atoms with Gasteiger partial charge < -0.3 is 15.2 Å². The van der Waals surface area contributed by atoms with Crippen molar-refractivity contribution >= 4 is 11.8 Å². The zero-order valence-electron chi connectivity index (χ0n) is 12.6. The van der Waals surface area contributed by atoms with Crippen molar-refractivity contribution in [3.8, 4) is 0 Å².